The Hall–Kier alpha value is -3.74. The molecule has 0 atom stereocenters. The molecular formula is C26H31N3O4. The molecule has 2 rings (SSSR count). The first-order valence-electron chi connectivity index (χ1n) is 11.0. The maximum Gasteiger partial charge on any atom is 0.334 e. The highest BCUT2D eigenvalue weighted by atomic mass is 16.5. The molecule has 0 aliphatic heterocycles. The molecule has 2 amide bonds. The van der Waals surface area contributed by atoms with Crippen molar-refractivity contribution in [3.05, 3.63) is 77.4 Å². The minimum absolute atomic E-state index is 0.159. The quantitative estimate of drug-likeness (QED) is 0.235. The van der Waals surface area contributed by atoms with E-state index in [2.05, 4.69) is 5.32 Å². The number of rotatable bonds is 11. The Labute approximate surface area is 195 Å². The second-order valence-electron chi connectivity index (χ2n) is 7.47. The highest BCUT2D eigenvalue weighted by Crippen LogP contribution is 2.22. The average Bonchev–Trinajstić information content (AvgIpc) is 2.85. The van der Waals surface area contributed by atoms with E-state index in [0.29, 0.717) is 23.6 Å². The fourth-order valence-corrected chi connectivity index (χ4v) is 3.09. The number of para-hydroxylation sites is 1. The van der Waals surface area contributed by atoms with E-state index < -0.39 is 11.9 Å². The SMILES string of the molecule is C/C=C(\CC(=O)NCC(=O)N(C)c1ccccc1C(=N)c1ccccc1)C(=O)OCCCC. The van der Waals surface area contributed by atoms with Crippen LogP contribution in [0.25, 0.3) is 0 Å². The molecular weight excluding hydrogens is 418 g/mol. The minimum atomic E-state index is -0.516. The van der Waals surface area contributed by atoms with Crippen molar-refractivity contribution in [2.24, 2.45) is 0 Å². The molecule has 2 aromatic carbocycles. The molecule has 174 valence electrons. The monoisotopic (exact) mass is 449 g/mol. The Morgan fingerprint density at radius 2 is 1.73 bits per heavy atom. The molecule has 0 saturated carbocycles. The van der Waals surface area contributed by atoms with E-state index in [4.69, 9.17) is 10.1 Å². The fraction of sp³-hybridized carbons (Fsp3) is 0.308. The summed E-state index contributed by atoms with van der Waals surface area (Å²) < 4.78 is 5.15. The zero-order valence-corrected chi connectivity index (χ0v) is 19.4. The van der Waals surface area contributed by atoms with Crippen LogP contribution in [0.4, 0.5) is 5.69 Å². The van der Waals surface area contributed by atoms with Crippen LogP contribution in [0.5, 0.6) is 0 Å². The van der Waals surface area contributed by atoms with Gasteiger partial charge in [-0.25, -0.2) is 4.79 Å². The summed E-state index contributed by atoms with van der Waals surface area (Å²) in [6.07, 6.45) is 3.06. The van der Waals surface area contributed by atoms with Gasteiger partial charge in [-0.05, 0) is 19.4 Å². The van der Waals surface area contributed by atoms with Gasteiger partial charge in [0.1, 0.15) is 0 Å². The number of anilines is 1. The van der Waals surface area contributed by atoms with E-state index in [0.717, 1.165) is 18.4 Å². The van der Waals surface area contributed by atoms with Crippen molar-refractivity contribution in [1.29, 1.82) is 5.41 Å². The maximum atomic E-state index is 12.8. The molecule has 7 heteroatoms. The molecule has 0 fully saturated rings. The third-order valence-electron chi connectivity index (χ3n) is 5.10. The van der Waals surface area contributed by atoms with E-state index >= 15 is 0 Å². The minimum Gasteiger partial charge on any atom is -0.462 e. The second-order valence-corrected chi connectivity index (χ2v) is 7.47. The van der Waals surface area contributed by atoms with Crippen LogP contribution in [-0.2, 0) is 19.1 Å². The molecule has 7 nitrogen and oxygen atoms in total. The van der Waals surface area contributed by atoms with Gasteiger partial charge in [-0.1, -0.05) is 68.0 Å². The van der Waals surface area contributed by atoms with Gasteiger partial charge in [0.2, 0.25) is 11.8 Å². The molecule has 0 spiro atoms. The zero-order chi connectivity index (χ0) is 24.2. The summed E-state index contributed by atoms with van der Waals surface area (Å²) in [5.74, 6) is -1.30. The molecule has 0 unspecified atom stereocenters. The third-order valence-corrected chi connectivity index (χ3v) is 5.10. The lowest BCUT2D eigenvalue weighted by Gasteiger charge is -2.21. The molecule has 2 aromatic rings. The summed E-state index contributed by atoms with van der Waals surface area (Å²) >= 11 is 0. The Balaban J connectivity index is 1.99. The van der Waals surface area contributed by atoms with Gasteiger partial charge in [0, 0.05) is 23.7 Å². The topological polar surface area (TPSA) is 99.6 Å². The number of unbranched alkanes of at least 4 members (excludes halogenated alkanes) is 1. The standard InChI is InChI=1S/C26H31N3O4/c1-4-6-16-33-26(32)19(5-2)17-23(30)28-18-24(31)29(3)22-15-11-10-14-21(22)25(27)20-12-8-7-9-13-20/h5,7-15,27H,4,6,16-18H2,1-3H3,(H,28,30)/b19-5+,27-25?. The Kier molecular flexibility index (Phi) is 10.0. The normalized spacial score (nSPS) is 10.9. The number of esters is 1. The number of nitrogens with one attached hydrogen (secondary N) is 2. The lowest BCUT2D eigenvalue weighted by atomic mass is 10.0. The molecule has 0 heterocycles. The molecule has 33 heavy (non-hydrogen) atoms. The first-order chi connectivity index (χ1) is 15.9. The van der Waals surface area contributed by atoms with E-state index in [1.54, 1.807) is 38.2 Å². The summed E-state index contributed by atoms with van der Waals surface area (Å²) in [5.41, 5.74) is 2.47. The predicted molar refractivity (Wildman–Crippen MR) is 129 cm³/mol. The summed E-state index contributed by atoms with van der Waals surface area (Å²) in [5, 5.41) is 11.1. The number of benzene rings is 2. The van der Waals surface area contributed by atoms with Crippen molar-refractivity contribution < 1.29 is 19.1 Å². The number of hydrogen-bond acceptors (Lipinski definition) is 5. The maximum absolute atomic E-state index is 12.8. The first-order valence-corrected chi connectivity index (χ1v) is 11.0. The number of amides is 2. The van der Waals surface area contributed by atoms with Crippen LogP contribution in [0.2, 0.25) is 0 Å². The van der Waals surface area contributed by atoms with Gasteiger partial charge in [-0.3, -0.25) is 15.0 Å². The van der Waals surface area contributed by atoms with Gasteiger partial charge in [-0.2, -0.15) is 0 Å². The molecule has 0 aromatic heterocycles. The van der Waals surface area contributed by atoms with Gasteiger partial charge in [0.05, 0.1) is 31.0 Å². The van der Waals surface area contributed by atoms with E-state index in [1.807, 2.05) is 43.3 Å². The number of carbonyl (C=O) groups is 3. The number of nitrogens with zero attached hydrogens (tertiary/aromatic N) is 1. The summed E-state index contributed by atoms with van der Waals surface area (Å²) in [6, 6.07) is 16.4. The summed E-state index contributed by atoms with van der Waals surface area (Å²) in [6.45, 7) is 3.75. The lowest BCUT2D eigenvalue weighted by molar-refractivity contribution is -0.140. The van der Waals surface area contributed by atoms with Crippen LogP contribution in [0.15, 0.2) is 66.2 Å². The summed E-state index contributed by atoms with van der Waals surface area (Å²) in [7, 11) is 1.61. The van der Waals surface area contributed by atoms with E-state index in [9.17, 15) is 14.4 Å². The van der Waals surface area contributed by atoms with Crippen LogP contribution in [0, 0.1) is 5.41 Å². The zero-order valence-electron chi connectivity index (χ0n) is 19.4. The van der Waals surface area contributed by atoms with Crippen LogP contribution in [0.3, 0.4) is 0 Å². The number of ether oxygens (including phenoxy) is 1. The third kappa shape index (κ3) is 7.42. The van der Waals surface area contributed by atoms with Gasteiger partial charge in [0.15, 0.2) is 0 Å². The van der Waals surface area contributed by atoms with Gasteiger partial charge < -0.3 is 15.0 Å². The van der Waals surface area contributed by atoms with Crippen LogP contribution in [0.1, 0.15) is 44.2 Å². The van der Waals surface area contributed by atoms with Crippen molar-refractivity contribution >= 4 is 29.2 Å². The highest BCUT2D eigenvalue weighted by Gasteiger charge is 2.19. The predicted octanol–water partition coefficient (Wildman–Crippen LogP) is 3.86. The largest absolute Gasteiger partial charge is 0.462 e. The van der Waals surface area contributed by atoms with Crippen molar-refractivity contribution in [3.63, 3.8) is 0 Å². The number of likely N-dealkylation sites (N-methyl/N-ethyl adjacent to an activating group) is 1. The van der Waals surface area contributed by atoms with Crippen LogP contribution < -0.4 is 10.2 Å². The van der Waals surface area contributed by atoms with Gasteiger partial charge in [-0.15, -0.1) is 0 Å². The van der Waals surface area contributed by atoms with Crippen LogP contribution in [-0.4, -0.2) is 43.7 Å². The van der Waals surface area contributed by atoms with Crippen molar-refractivity contribution in [1.82, 2.24) is 5.32 Å². The van der Waals surface area contributed by atoms with E-state index in [1.165, 1.54) is 4.90 Å². The van der Waals surface area contributed by atoms with Crippen LogP contribution >= 0.6 is 0 Å². The van der Waals surface area contributed by atoms with Gasteiger partial charge >= 0.3 is 5.97 Å². The number of allylic oxidation sites excluding steroid dienone is 1. The Morgan fingerprint density at radius 3 is 2.39 bits per heavy atom. The fourth-order valence-electron chi connectivity index (χ4n) is 3.09. The molecule has 0 bridgehead atoms. The molecule has 0 aliphatic rings. The molecule has 0 saturated heterocycles. The van der Waals surface area contributed by atoms with Crippen molar-refractivity contribution in [2.75, 3.05) is 25.1 Å². The Morgan fingerprint density at radius 1 is 1.06 bits per heavy atom. The highest BCUT2D eigenvalue weighted by molar-refractivity contribution is 6.15. The Bertz CT molecular complexity index is 1020. The average molecular weight is 450 g/mol. The lowest BCUT2D eigenvalue weighted by Crippen LogP contribution is -2.39. The number of hydrogen-bond donors (Lipinski definition) is 2. The van der Waals surface area contributed by atoms with Crippen molar-refractivity contribution in [3.8, 4) is 0 Å². The summed E-state index contributed by atoms with van der Waals surface area (Å²) in [4.78, 5) is 38.6. The molecule has 0 radical (unpaired) electrons. The first kappa shape index (κ1) is 25.5. The second kappa shape index (κ2) is 13.0. The van der Waals surface area contributed by atoms with E-state index in [-0.39, 0.29) is 24.4 Å². The molecule has 0 aliphatic carbocycles. The van der Waals surface area contributed by atoms with Crippen molar-refractivity contribution in [2.45, 2.75) is 33.1 Å². The number of carbonyl (C=O) groups excluding carboxylic acids is 3. The smallest absolute Gasteiger partial charge is 0.334 e. The van der Waals surface area contributed by atoms with Gasteiger partial charge in [0.25, 0.3) is 0 Å². The molecule has 2 N–H and O–H groups in total.